The molecule has 0 saturated carbocycles. The zero-order valence-electron chi connectivity index (χ0n) is 20.0. The minimum absolute atomic E-state index is 0.130. The van der Waals surface area contributed by atoms with Gasteiger partial charge in [-0.3, -0.25) is 23.9 Å². The molecule has 0 aliphatic carbocycles. The highest BCUT2D eigenvalue weighted by molar-refractivity contribution is 5.84. The molecule has 0 bridgehead atoms. The predicted molar refractivity (Wildman–Crippen MR) is 131 cm³/mol. The minimum Gasteiger partial charge on any atom is -0.481 e. The third-order valence-corrected chi connectivity index (χ3v) is 6.45. The standard InChI is InChI=1S/C26H26FN5O4/c1-16(27)36-23-6-4-3-5-18(23)14-32-22-9-17(7-8-21(22)25(33)30(32)2)19-10-28-24(29-11-19)15-31-12-20(13-31)26(34)35/h3-11,16,20H,12-15H2,1-2H3,(H,34,35). The smallest absolute Gasteiger partial charge is 0.309 e. The topological polar surface area (TPSA) is 102 Å². The molecule has 1 aliphatic heterocycles. The number of ether oxygens (including phenoxy) is 1. The molecule has 0 radical (unpaired) electrons. The van der Waals surface area contributed by atoms with E-state index in [-0.39, 0.29) is 11.5 Å². The summed E-state index contributed by atoms with van der Waals surface area (Å²) in [7, 11) is 1.70. The Morgan fingerprint density at radius 1 is 1.14 bits per heavy atom. The molecular formula is C26H26FN5O4. The van der Waals surface area contributed by atoms with Crippen LogP contribution in [0, 0.1) is 5.92 Å². The molecule has 2 aromatic heterocycles. The monoisotopic (exact) mass is 491 g/mol. The summed E-state index contributed by atoms with van der Waals surface area (Å²) in [6, 6.07) is 12.8. The molecule has 5 rings (SSSR count). The predicted octanol–water partition coefficient (Wildman–Crippen LogP) is 3.06. The van der Waals surface area contributed by atoms with Crippen molar-refractivity contribution < 1.29 is 19.0 Å². The van der Waals surface area contributed by atoms with Gasteiger partial charge in [-0.1, -0.05) is 24.3 Å². The molecule has 1 fully saturated rings. The Kier molecular flexibility index (Phi) is 6.27. The number of para-hydroxylation sites is 1. The normalized spacial score (nSPS) is 15.1. The molecule has 1 atom stereocenters. The Morgan fingerprint density at radius 2 is 1.86 bits per heavy atom. The van der Waals surface area contributed by atoms with Crippen molar-refractivity contribution in [2.45, 2.75) is 26.4 Å². The Labute approximate surface area is 206 Å². The van der Waals surface area contributed by atoms with E-state index >= 15 is 0 Å². The number of carbonyl (C=O) groups is 1. The number of hydrogen-bond donors (Lipinski definition) is 1. The first kappa shape index (κ1) is 23.7. The van der Waals surface area contributed by atoms with Crippen molar-refractivity contribution in [3.8, 4) is 16.9 Å². The number of rotatable bonds is 8. The highest BCUT2D eigenvalue weighted by Gasteiger charge is 2.32. The molecule has 36 heavy (non-hydrogen) atoms. The zero-order chi connectivity index (χ0) is 25.4. The molecule has 1 saturated heterocycles. The van der Waals surface area contributed by atoms with Crippen LogP contribution in [-0.2, 0) is 24.9 Å². The number of hydrogen-bond acceptors (Lipinski definition) is 6. The van der Waals surface area contributed by atoms with Crippen molar-refractivity contribution in [2.24, 2.45) is 13.0 Å². The van der Waals surface area contributed by atoms with Gasteiger partial charge < -0.3 is 9.84 Å². The SMILES string of the molecule is CC(F)Oc1ccccc1Cn1c2cc(-c3cnc(CN4CC(C(=O)O)C4)nc3)ccc2c(=O)n1C. The average Bonchev–Trinajstić information content (AvgIpc) is 3.06. The molecule has 1 N–H and O–H groups in total. The molecule has 4 aromatic rings. The quantitative estimate of drug-likeness (QED) is 0.404. The van der Waals surface area contributed by atoms with E-state index in [1.165, 1.54) is 6.92 Å². The number of nitrogens with zero attached hydrogens (tertiary/aromatic N) is 5. The third-order valence-electron chi connectivity index (χ3n) is 6.45. The van der Waals surface area contributed by atoms with Crippen LogP contribution in [0.4, 0.5) is 4.39 Å². The second-order valence-electron chi connectivity index (χ2n) is 9.00. The van der Waals surface area contributed by atoms with Crippen LogP contribution >= 0.6 is 0 Å². The van der Waals surface area contributed by atoms with Crippen molar-refractivity contribution >= 4 is 16.9 Å². The lowest BCUT2D eigenvalue weighted by Gasteiger charge is -2.35. The van der Waals surface area contributed by atoms with Crippen molar-refractivity contribution in [2.75, 3.05) is 13.1 Å². The minimum atomic E-state index is -1.45. The second-order valence-corrected chi connectivity index (χ2v) is 9.00. The van der Waals surface area contributed by atoms with E-state index in [2.05, 4.69) is 9.97 Å². The summed E-state index contributed by atoms with van der Waals surface area (Å²) >= 11 is 0. The number of alkyl halides is 1. The summed E-state index contributed by atoms with van der Waals surface area (Å²) in [6.45, 7) is 3.15. The summed E-state index contributed by atoms with van der Waals surface area (Å²) in [5, 5.41) is 9.59. The van der Waals surface area contributed by atoms with Gasteiger partial charge in [-0.25, -0.2) is 14.4 Å². The summed E-state index contributed by atoms with van der Waals surface area (Å²) < 4.78 is 22.2. The molecule has 0 spiro atoms. The van der Waals surface area contributed by atoms with Crippen molar-refractivity contribution in [1.82, 2.24) is 24.2 Å². The van der Waals surface area contributed by atoms with Gasteiger partial charge >= 0.3 is 5.97 Å². The Bertz CT molecular complexity index is 1470. The van der Waals surface area contributed by atoms with Crippen LogP contribution < -0.4 is 10.3 Å². The van der Waals surface area contributed by atoms with Gasteiger partial charge in [0.1, 0.15) is 11.6 Å². The first-order valence-electron chi connectivity index (χ1n) is 11.6. The Hall–Kier alpha value is -4.05. The maximum atomic E-state index is 13.5. The first-order valence-corrected chi connectivity index (χ1v) is 11.6. The fourth-order valence-corrected chi connectivity index (χ4v) is 4.47. The fourth-order valence-electron chi connectivity index (χ4n) is 4.47. The highest BCUT2D eigenvalue weighted by Crippen LogP contribution is 2.26. The molecular weight excluding hydrogens is 465 g/mol. The van der Waals surface area contributed by atoms with E-state index in [0.717, 1.165) is 22.2 Å². The molecule has 0 amide bonds. The number of likely N-dealkylation sites (tertiary alicyclic amines) is 1. The van der Waals surface area contributed by atoms with Crippen molar-refractivity contribution in [1.29, 1.82) is 0 Å². The van der Waals surface area contributed by atoms with E-state index in [4.69, 9.17) is 9.84 Å². The lowest BCUT2D eigenvalue weighted by molar-refractivity contribution is -0.147. The van der Waals surface area contributed by atoms with Gasteiger partial charge in [0.05, 0.1) is 29.9 Å². The van der Waals surface area contributed by atoms with Crippen LogP contribution in [0.15, 0.2) is 59.7 Å². The molecule has 9 nitrogen and oxygen atoms in total. The maximum absolute atomic E-state index is 13.5. The number of fused-ring (bicyclic) bond motifs is 1. The molecule has 10 heteroatoms. The second kappa shape index (κ2) is 9.54. The van der Waals surface area contributed by atoms with Gasteiger partial charge in [0.25, 0.3) is 5.56 Å². The van der Waals surface area contributed by atoms with E-state index in [0.29, 0.717) is 43.1 Å². The van der Waals surface area contributed by atoms with Crippen molar-refractivity contribution in [3.05, 3.63) is 76.6 Å². The van der Waals surface area contributed by atoms with Crippen molar-refractivity contribution in [3.63, 3.8) is 0 Å². The van der Waals surface area contributed by atoms with E-state index in [9.17, 15) is 14.0 Å². The summed E-state index contributed by atoms with van der Waals surface area (Å²) in [5.41, 5.74) is 3.00. The highest BCUT2D eigenvalue weighted by atomic mass is 19.1. The summed E-state index contributed by atoms with van der Waals surface area (Å²) in [4.78, 5) is 34.8. The number of aromatic nitrogens is 4. The van der Waals surface area contributed by atoms with Crippen LogP contribution in [0.2, 0.25) is 0 Å². The van der Waals surface area contributed by atoms with Crippen LogP contribution in [-0.4, -0.2) is 54.8 Å². The lowest BCUT2D eigenvalue weighted by atomic mass is 10.0. The molecule has 3 heterocycles. The van der Waals surface area contributed by atoms with Crippen LogP contribution in [0.25, 0.3) is 22.0 Å². The number of benzene rings is 2. The van der Waals surface area contributed by atoms with Gasteiger partial charge in [-0.05, 0) is 23.8 Å². The van der Waals surface area contributed by atoms with E-state index in [1.54, 1.807) is 42.3 Å². The summed E-state index contributed by atoms with van der Waals surface area (Å²) in [5.74, 6) is -0.0403. The fraction of sp³-hybridized carbons (Fsp3) is 0.308. The largest absolute Gasteiger partial charge is 0.481 e. The third kappa shape index (κ3) is 4.59. The van der Waals surface area contributed by atoms with Crippen LogP contribution in [0.5, 0.6) is 5.75 Å². The maximum Gasteiger partial charge on any atom is 0.309 e. The van der Waals surface area contributed by atoms with Gasteiger partial charge in [0, 0.05) is 50.6 Å². The number of halogens is 1. The van der Waals surface area contributed by atoms with Gasteiger partial charge in [0.15, 0.2) is 0 Å². The molecule has 1 unspecified atom stereocenters. The van der Waals surface area contributed by atoms with Crippen LogP contribution in [0.3, 0.4) is 0 Å². The van der Waals surface area contributed by atoms with Crippen LogP contribution in [0.1, 0.15) is 18.3 Å². The molecule has 1 aliphatic rings. The molecule has 186 valence electrons. The van der Waals surface area contributed by atoms with Gasteiger partial charge in [-0.15, -0.1) is 0 Å². The van der Waals surface area contributed by atoms with Gasteiger partial charge in [-0.2, -0.15) is 0 Å². The Morgan fingerprint density at radius 3 is 2.56 bits per heavy atom. The van der Waals surface area contributed by atoms with E-state index < -0.39 is 12.3 Å². The molecule has 2 aromatic carbocycles. The van der Waals surface area contributed by atoms with E-state index in [1.807, 2.05) is 33.8 Å². The van der Waals surface area contributed by atoms with Gasteiger partial charge in [0.2, 0.25) is 6.36 Å². The first-order chi connectivity index (χ1) is 17.3. The summed E-state index contributed by atoms with van der Waals surface area (Å²) in [6.07, 6.45) is 2.01. The number of aliphatic carboxylic acids is 1. The number of carboxylic acid groups (broad SMARTS) is 1. The Balaban J connectivity index is 1.42. The average molecular weight is 492 g/mol. The lowest BCUT2D eigenvalue weighted by Crippen LogP contribution is -2.49. The number of carboxylic acids is 1. The zero-order valence-corrected chi connectivity index (χ0v) is 20.0.